The van der Waals surface area contributed by atoms with Gasteiger partial charge in [0.15, 0.2) is 6.17 Å². The summed E-state index contributed by atoms with van der Waals surface area (Å²) in [7, 11) is 0. The van der Waals surface area contributed by atoms with Crippen molar-refractivity contribution in [3.63, 3.8) is 0 Å². The van der Waals surface area contributed by atoms with E-state index in [-0.39, 0.29) is 30.3 Å². The third-order valence-corrected chi connectivity index (χ3v) is 6.26. The molecule has 2 aromatic carbocycles. The molecule has 0 aliphatic carbocycles. The van der Waals surface area contributed by atoms with Crippen molar-refractivity contribution in [2.45, 2.75) is 85.2 Å². The molecule has 6 nitrogen and oxygen atoms in total. The van der Waals surface area contributed by atoms with Gasteiger partial charge in [0, 0.05) is 23.2 Å². The van der Waals surface area contributed by atoms with E-state index in [0.717, 1.165) is 11.4 Å². The Morgan fingerprint density at radius 2 is 1.11 bits per heavy atom. The second kappa shape index (κ2) is 12.3. The fourth-order valence-corrected chi connectivity index (χ4v) is 3.81. The van der Waals surface area contributed by atoms with Gasteiger partial charge in [-0.3, -0.25) is 0 Å². The second-order valence-corrected chi connectivity index (χ2v) is 12.0. The van der Waals surface area contributed by atoms with E-state index in [1.165, 1.54) is 23.3 Å². The molecular weight excluding hydrogens is 561 g/mol. The Morgan fingerprint density at radius 3 is 1.47 bits per heavy atom. The average molecular weight is 602 g/mol. The van der Waals surface area contributed by atoms with Crippen LogP contribution in [-0.2, 0) is 30.3 Å². The summed E-state index contributed by atoms with van der Waals surface area (Å²) in [4.78, 5) is 0. The summed E-state index contributed by atoms with van der Waals surface area (Å²) in [5.74, 6) is -0.381. The smallest absolute Gasteiger partial charge is 0.873 e. The Bertz CT molecular complexity index is 1260. The Balaban J connectivity index is 0.000000389. The van der Waals surface area contributed by atoms with Crippen molar-refractivity contribution in [2.75, 3.05) is 0 Å². The molecule has 4 rings (SSSR count). The first kappa shape index (κ1) is 31.3. The van der Waals surface area contributed by atoms with Gasteiger partial charge < -0.3 is 10.2 Å². The molecule has 2 aromatic heterocycles. The zero-order chi connectivity index (χ0) is 27.5. The minimum absolute atomic E-state index is 0. The van der Waals surface area contributed by atoms with E-state index in [1.807, 2.05) is 24.5 Å². The summed E-state index contributed by atoms with van der Waals surface area (Å²) in [6.45, 7) is 19.1. The summed E-state index contributed by atoms with van der Waals surface area (Å²) in [6, 6.07) is 17.0. The Morgan fingerprint density at radius 1 is 0.658 bits per heavy atom. The van der Waals surface area contributed by atoms with E-state index in [4.69, 9.17) is 10.2 Å². The maximum Gasteiger partial charge on any atom is 2.00 e. The number of hydrogen-bond donors (Lipinski definition) is 0. The molecule has 0 saturated heterocycles. The summed E-state index contributed by atoms with van der Waals surface area (Å²) in [5, 5.41) is 33.0. The van der Waals surface area contributed by atoms with Gasteiger partial charge in [0.25, 0.3) is 0 Å². The van der Waals surface area contributed by atoms with Crippen molar-refractivity contribution < 1.29 is 29.7 Å². The molecule has 0 fully saturated rings. The third kappa shape index (κ3) is 7.80. The van der Waals surface area contributed by atoms with Gasteiger partial charge in [-0.15, -0.1) is 11.5 Å². The molecule has 0 aliphatic rings. The minimum Gasteiger partial charge on any atom is -0.873 e. The minimum atomic E-state index is -0.524. The molecule has 0 spiro atoms. The zero-order valence-corrected chi connectivity index (χ0v) is 25.7. The first-order valence-electron chi connectivity index (χ1n) is 12.8. The SMILES string of the molecule is CC(C)(C)c1ccn(C(c2ccc([O-])c([O-])c2)n2ccc(C(C)(C)C)n2)n1.Cc1ccc(C(C)C)cc1.[Ru+2]. The molecule has 0 bridgehead atoms. The van der Waals surface area contributed by atoms with Gasteiger partial charge in [-0.25, -0.2) is 9.36 Å². The number of hydrogen-bond acceptors (Lipinski definition) is 4. The van der Waals surface area contributed by atoms with Crippen LogP contribution in [0.5, 0.6) is 11.5 Å². The Kier molecular flexibility index (Phi) is 10.1. The van der Waals surface area contributed by atoms with Crippen LogP contribution < -0.4 is 10.2 Å². The fourth-order valence-electron chi connectivity index (χ4n) is 3.81. The van der Waals surface area contributed by atoms with Crippen LogP contribution in [0.15, 0.2) is 67.0 Å². The van der Waals surface area contributed by atoms with Gasteiger partial charge in [-0.1, -0.05) is 103 Å². The molecule has 2 heterocycles. The third-order valence-electron chi connectivity index (χ3n) is 6.26. The number of rotatable bonds is 4. The standard InChI is InChI=1S/C21H28N4O2.C10H14.Ru/c1-20(2,3)17-9-11-24(22-17)19(14-7-8-15(26)16(27)13-14)25-12-10-18(23-25)21(4,5)6;1-8(2)10-6-4-9(3)5-7-10;/h7-13,19,26-27H,1-6H3;4-8H,1-3H3;/q;;+2/p-2. The molecule has 4 aromatic rings. The molecule has 0 radical (unpaired) electrons. The van der Waals surface area contributed by atoms with E-state index in [1.54, 1.807) is 15.4 Å². The quantitative estimate of drug-likeness (QED) is 0.268. The van der Waals surface area contributed by atoms with Crippen molar-refractivity contribution in [2.24, 2.45) is 0 Å². The van der Waals surface area contributed by atoms with Gasteiger partial charge in [-0.2, -0.15) is 10.2 Å². The second-order valence-electron chi connectivity index (χ2n) is 12.0. The van der Waals surface area contributed by atoms with E-state index >= 15 is 0 Å². The topological polar surface area (TPSA) is 81.8 Å². The van der Waals surface area contributed by atoms with E-state index in [2.05, 4.69) is 86.6 Å². The zero-order valence-electron chi connectivity index (χ0n) is 24.0. The fraction of sp³-hybridized carbons (Fsp3) is 0.419. The summed E-state index contributed by atoms with van der Waals surface area (Å²) < 4.78 is 3.58. The number of aromatic nitrogens is 4. The van der Waals surface area contributed by atoms with Gasteiger partial charge in [0.1, 0.15) is 0 Å². The summed E-state index contributed by atoms with van der Waals surface area (Å²) in [5.41, 5.74) is 5.12. The van der Waals surface area contributed by atoms with Crippen LogP contribution in [0.1, 0.15) is 95.6 Å². The molecular formula is C31H40N4O2Ru. The van der Waals surface area contributed by atoms with Crippen LogP contribution >= 0.6 is 0 Å². The van der Waals surface area contributed by atoms with Crippen LogP contribution in [0, 0.1) is 6.92 Å². The molecule has 0 saturated carbocycles. The van der Waals surface area contributed by atoms with E-state index in [0.29, 0.717) is 11.5 Å². The predicted molar refractivity (Wildman–Crippen MR) is 146 cm³/mol. The van der Waals surface area contributed by atoms with Crippen molar-refractivity contribution in [3.05, 3.63) is 95.1 Å². The van der Waals surface area contributed by atoms with Crippen molar-refractivity contribution in [1.29, 1.82) is 0 Å². The molecule has 7 heteroatoms. The van der Waals surface area contributed by atoms with Gasteiger partial charge >= 0.3 is 19.5 Å². The number of aryl methyl sites for hydroxylation is 1. The largest absolute Gasteiger partial charge is 2.00 e. The van der Waals surface area contributed by atoms with Gasteiger partial charge in [-0.05, 0) is 36.1 Å². The molecule has 0 N–H and O–H groups in total. The van der Waals surface area contributed by atoms with Crippen molar-refractivity contribution in [1.82, 2.24) is 19.6 Å². The summed E-state index contributed by atoms with van der Waals surface area (Å²) >= 11 is 0. The normalized spacial score (nSPS) is 11.8. The number of benzene rings is 2. The van der Waals surface area contributed by atoms with E-state index in [9.17, 15) is 10.2 Å². The monoisotopic (exact) mass is 602 g/mol. The molecule has 204 valence electrons. The Labute approximate surface area is 240 Å². The van der Waals surface area contributed by atoms with Crippen LogP contribution in [0.2, 0.25) is 0 Å². The van der Waals surface area contributed by atoms with Gasteiger partial charge in [0.2, 0.25) is 0 Å². The molecule has 0 unspecified atom stereocenters. The average Bonchev–Trinajstić information content (AvgIpc) is 3.48. The maximum absolute atomic E-state index is 12.0. The van der Waals surface area contributed by atoms with Crippen molar-refractivity contribution >= 4 is 0 Å². The predicted octanol–water partition coefficient (Wildman–Crippen LogP) is 6.03. The molecule has 0 amide bonds. The Hall–Kier alpha value is -2.92. The molecule has 38 heavy (non-hydrogen) atoms. The van der Waals surface area contributed by atoms with Crippen LogP contribution in [0.3, 0.4) is 0 Å². The van der Waals surface area contributed by atoms with Crippen molar-refractivity contribution in [3.8, 4) is 11.5 Å². The van der Waals surface area contributed by atoms with E-state index < -0.39 is 17.7 Å². The first-order valence-corrected chi connectivity index (χ1v) is 12.8. The molecule has 0 aliphatic heterocycles. The van der Waals surface area contributed by atoms with Gasteiger partial charge in [0.05, 0.1) is 11.4 Å². The van der Waals surface area contributed by atoms with Crippen LogP contribution in [-0.4, -0.2) is 19.6 Å². The number of nitrogens with zero attached hydrogens (tertiary/aromatic N) is 4. The maximum atomic E-state index is 12.0. The molecule has 0 atom stereocenters. The van der Waals surface area contributed by atoms with Crippen LogP contribution in [0.25, 0.3) is 0 Å². The van der Waals surface area contributed by atoms with Crippen LogP contribution in [0.4, 0.5) is 0 Å². The summed E-state index contributed by atoms with van der Waals surface area (Å²) in [6.07, 6.45) is 3.34. The first-order chi connectivity index (χ1) is 17.2.